The van der Waals surface area contributed by atoms with Gasteiger partial charge in [-0.15, -0.1) is 5.10 Å². The Morgan fingerprint density at radius 2 is 1.85 bits per heavy atom. The van der Waals surface area contributed by atoms with Crippen LogP contribution in [0.3, 0.4) is 0 Å². The Hall–Kier alpha value is -2.95. The SMILES string of the molecule is O=C(Cc1cccc2ccccc12)N1CCC(Nc2cccnn2)CC1. The van der Waals surface area contributed by atoms with Crippen LogP contribution in [-0.2, 0) is 11.2 Å². The predicted molar refractivity (Wildman–Crippen MR) is 103 cm³/mol. The predicted octanol–water partition coefficient (Wildman–Crippen LogP) is 3.28. The first-order chi connectivity index (χ1) is 12.8. The van der Waals surface area contributed by atoms with Crippen LogP contribution in [0.25, 0.3) is 10.8 Å². The molecule has 1 aliphatic heterocycles. The van der Waals surface area contributed by atoms with E-state index in [9.17, 15) is 4.79 Å². The zero-order valence-electron chi connectivity index (χ0n) is 14.6. The van der Waals surface area contributed by atoms with Crippen molar-refractivity contribution in [1.82, 2.24) is 15.1 Å². The van der Waals surface area contributed by atoms with E-state index in [0.29, 0.717) is 12.5 Å². The van der Waals surface area contributed by atoms with Gasteiger partial charge in [0.25, 0.3) is 0 Å². The van der Waals surface area contributed by atoms with Gasteiger partial charge in [0, 0.05) is 25.3 Å². The number of aromatic nitrogens is 2. The van der Waals surface area contributed by atoms with Gasteiger partial charge in [-0.3, -0.25) is 4.79 Å². The van der Waals surface area contributed by atoms with Crippen molar-refractivity contribution >= 4 is 22.5 Å². The summed E-state index contributed by atoms with van der Waals surface area (Å²) in [5.41, 5.74) is 1.10. The summed E-state index contributed by atoms with van der Waals surface area (Å²) >= 11 is 0. The fourth-order valence-corrected chi connectivity index (χ4v) is 3.58. The fourth-order valence-electron chi connectivity index (χ4n) is 3.58. The number of likely N-dealkylation sites (tertiary alicyclic amines) is 1. The highest BCUT2D eigenvalue weighted by Gasteiger charge is 2.23. The fraction of sp³-hybridized carbons (Fsp3) is 0.286. The topological polar surface area (TPSA) is 58.1 Å². The van der Waals surface area contributed by atoms with Crippen molar-refractivity contribution < 1.29 is 4.79 Å². The van der Waals surface area contributed by atoms with Gasteiger partial charge in [0.15, 0.2) is 0 Å². The highest BCUT2D eigenvalue weighted by molar-refractivity contribution is 5.90. The molecule has 4 rings (SSSR count). The van der Waals surface area contributed by atoms with E-state index < -0.39 is 0 Å². The molecule has 1 aromatic heterocycles. The van der Waals surface area contributed by atoms with Gasteiger partial charge in [-0.25, -0.2) is 0 Å². The van der Waals surface area contributed by atoms with Crippen LogP contribution >= 0.6 is 0 Å². The van der Waals surface area contributed by atoms with Crippen molar-refractivity contribution in [3.63, 3.8) is 0 Å². The quantitative estimate of drug-likeness (QED) is 0.788. The lowest BCUT2D eigenvalue weighted by molar-refractivity contribution is -0.131. The second-order valence-corrected chi connectivity index (χ2v) is 6.72. The number of hydrogen-bond acceptors (Lipinski definition) is 4. The summed E-state index contributed by atoms with van der Waals surface area (Å²) in [5.74, 6) is 1.01. The van der Waals surface area contributed by atoms with Crippen molar-refractivity contribution in [2.24, 2.45) is 0 Å². The monoisotopic (exact) mass is 346 g/mol. The summed E-state index contributed by atoms with van der Waals surface area (Å²) in [6.45, 7) is 1.56. The first-order valence-corrected chi connectivity index (χ1v) is 9.08. The largest absolute Gasteiger partial charge is 0.366 e. The molecule has 1 aliphatic rings. The number of fused-ring (bicyclic) bond motifs is 1. The molecule has 1 amide bonds. The lowest BCUT2D eigenvalue weighted by Gasteiger charge is -2.32. The Labute approximate surface area is 153 Å². The number of rotatable bonds is 4. The smallest absolute Gasteiger partial charge is 0.227 e. The third-order valence-electron chi connectivity index (χ3n) is 4.99. The van der Waals surface area contributed by atoms with E-state index in [1.54, 1.807) is 6.20 Å². The molecule has 3 aromatic rings. The van der Waals surface area contributed by atoms with E-state index in [4.69, 9.17) is 0 Å². The Morgan fingerprint density at radius 1 is 1.04 bits per heavy atom. The van der Waals surface area contributed by atoms with Gasteiger partial charge in [0.1, 0.15) is 5.82 Å². The van der Waals surface area contributed by atoms with Crippen LogP contribution in [-0.4, -0.2) is 40.1 Å². The third-order valence-corrected chi connectivity index (χ3v) is 4.99. The van der Waals surface area contributed by atoms with Crippen molar-refractivity contribution in [3.8, 4) is 0 Å². The maximum Gasteiger partial charge on any atom is 0.227 e. The molecular formula is C21H22N4O. The van der Waals surface area contributed by atoms with E-state index in [-0.39, 0.29) is 5.91 Å². The van der Waals surface area contributed by atoms with Crippen LogP contribution < -0.4 is 5.32 Å². The molecule has 5 nitrogen and oxygen atoms in total. The lowest BCUT2D eigenvalue weighted by Crippen LogP contribution is -2.43. The van der Waals surface area contributed by atoms with Crippen LogP contribution in [0.4, 0.5) is 5.82 Å². The Balaban J connectivity index is 1.36. The average Bonchev–Trinajstić information content (AvgIpc) is 2.70. The second kappa shape index (κ2) is 7.52. The van der Waals surface area contributed by atoms with Crippen molar-refractivity contribution in [2.75, 3.05) is 18.4 Å². The van der Waals surface area contributed by atoms with Crippen molar-refractivity contribution in [2.45, 2.75) is 25.3 Å². The molecule has 1 N–H and O–H groups in total. The average molecular weight is 346 g/mol. The normalized spacial score (nSPS) is 15.2. The van der Waals surface area contributed by atoms with Crippen LogP contribution in [0.15, 0.2) is 60.8 Å². The highest BCUT2D eigenvalue weighted by Crippen LogP contribution is 2.21. The first kappa shape index (κ1) is 16.5. The number of anilines is 1. The number of carbonyl (C=O) groups is 1. The molecule has 5 heteroatoms. The van der Waals surface area contributed by atoms with Crippen LogP contribution in [0.1, 0.15) is 18.4 Å². The Kier molecular flexibility index (Phi) is 4.78. The molecule has 0 aliphatic carbocycles. The van der Waals surface area contributed by atoms with Gasteiger partial charge >= 0.3 is 0 Å². The number of benzene rings is 2. The van der Waals surface area contributed by atoms with E-state index in [0.717, 1.165) is 37.3 Å². The van der Waals surface area contributed by atoms with Crippen molar-refractivity contribution in [3.05, 3.63) is 66.4 Å². The van der Waals surface area contributed by atoms with Crippen LogP contribution in [0.5, 0.6) is 0 Å². The van der Waals surface area contributed by atoms with E-state index >= 15 is 0 Å². The molecular weight excluding hydrogens is 324 g/mol. The molecule has 0 bridgehead atoms. The Morgan fingerprint density at radius 3 is 2.65 bits per heavy atom. The summed E-state index contributed by atoms with van der Waals surface area (Å²) in [7, 11) is 0. The van der Waals surface area contributed by atoms with Gasteiger partial charge in [-0.2, -0.15) is 5.10 Å². The standard InChI is InChI=1S/C21H22N4O/c26-21(15-17-7-3-6-16-5-1-2-8-19(16)17)25-13-10-18(11-14-25)23-20-9-4-12-22-24-20/h1-9,12,18H,10-11,13-15H2,(H,23,24). The maximum atomic E-state index is 12.8. The number of piperidine rings is 1. The number of carbonyl (C=O) groups excluding carboxylic acids is 1. The van der Waals surface area contributed by atoms with Crippen molar-refractivity contribution in [1.29, 1.82) is 0 Å². The number of hydrogen-bond donors (Lipinski definition) is 1. The molecule has 0 atom stereocenters. The summed E-state index contributed by atoms with van der Waals surface area (Å²) < 4.78 is 0. The minimum atomic E-state index is 0.208. The van der Waals surface area contributed by atoms with Gasteiger partial charge in [0.2, 0.25) is 5.91 Å². The summed E-state index contributed by atoms with van der Waals surface area (Å²) in [6, 6.07) is 18.6. The molecule has 1 saturated heterocycles. The molecule has 0 unspecified atom stereocenters. The molecule has 2 aromatic carbocycles. The lowest BCUT2D eigenvalue weighted by atomic mass is 10.0. The van der Waals surface area contributed by atoms with E-state index in [1.165, 1.54) is 10.8 Å². The number of nitrogens with one attached hydrogen (secondary N) is 1. The van der Waals surface area contributed by atoms with Crippen LogP contribution in [0, 0.1) is 0 Å². The summed E-state index contributed by atoms with van der Waals surface area (Å²) in [6.07, 6.45) is 3.99. The van der Waals surface area contributed by atoms with E-state index in [2.05, 4.69) is 39.8 Å². The molecule has 26 heavy (non-hydrogen) atoms. The maximum absolute atomic E-state index is 12.8. The summed E-state index contributed by atoms with van der Waals surface area (Å²) in [5, 5.41) is 13.7. The Bertz CT molecular complexity index is 883. The number of amides is 1. The third kappa shape index (κ3) is 3.67. The first-order valence-electron chi connectivity index (χ1n) is 9.08. The molecule has 0 radical (unpaired) electrons. The molecule has 0 saturated carbocycles. The number of nitrogens with zero attached hydrogens (tertiary/aromatic N) is 3. The van der Waals surface area contributed by atoms with Crippen LogP contribution in [0.2, 0.25) is 0 Å². The second-order valence-electron chi connectivity index (χ2n) is 6.72. The molecule has 132 valence electrons. The van der Waals surface area contributed by atoms with Gasteiger partial charge in [0.05, 0.1) is 6.42 Å². The highest BCUT2D eigenvalue weighted by atomic mass is 16.2. The van der Waals surface area contributed by atoms with E-state index in [1.807, 2.05) is 35.2 Å². The van der Waals surface area contributed by atoms with Gasteiger partial charge < -0.3 is 10.2 Å². The minimum Gasteiger partial charge on any atom is -0.366 e. The molecule has 1 fully saturated rings. The zero-order valence-corrected chi connectivity index (χ0v) is 14.6. The molecule has 2 heterocycles. The molecule has 0 spiro atoms. The summed E-state index contributed by atoms with van der Waals surface area (Å²) in [4.78, 5) is 14.7. The van der Waals surface area contributed by atoms with Gasteiger partial charge in [-0.1, -0.05) is 42.5 Å². The zero-order chi connectivity index (χ0) is 17.8. The minimum absolute atomic E-state index is 0.208. The van der Waals surface area contributed by atoms with Gasteiger partial charge in [-0.05, 0) is 41.3 Å².